The number of rotatable bonds is 10. The maximum absolute atomic E-state index is 14.3. The lowest BCUT2D eigenvalue weighted by Crippen LogP contribution is -2.40. The molecule has 9 nitrogen and oxygen atoms in total. The first-order valence-corrected chi connectivity index (χ1v) is 16.6. The molecule has 0 saturated carbocycles. The molecule has 0 saturated heterocycles. The Morgan fingerprint density at radius 1 is 1.04 bits per heavy atom. The zero-order valence-electron chi connectivity index (χ0n) is 24.5. The quantitative estimate of drug-likeness (QED) is 0.159. The number of fused-ring (bicyclic) bond motifs is 1. The molecule has 1 aliphatic heterocycles. The highest BCUT2D eigenvalue weighted by Crippen LogP contribution is 2.36. The Bertz CT molecular complexity index is 1950. The maximum Gasteiger partial charge on any atom is 0.344 e. The summed E-state index contributed by atoms with van der Waals surface area (Å²) in [4.78, 5) is 45.3. The van der Waals surface area contributed by atoms with Gasteiger partial charge in [-0.15, -0.1) is 0 Å². The van der Waals surface area contributed by atoms with E-state index in [1.54, 1.807) is 45.2 Å². The van der Waals surface area contributed by atoms with Gasteiger partial charge in [-0.25, -0.2) is 14.6 Å². The number of halogens is 2. The predicted octanol–water partition coefficient (Wildman–Crippen LogP) is 5.25. The Morgan fingerprint density at radius 2 is 1.76 bits per heavy atom. The fourth-order valence-electron chi connectivity index (χ4n) is 4.86. The summed E-state index contributed by atoms with van der Waals surface area (Å²) in [6.07, 6.45) is 1.71. The number of aromatic nitrogens is 1. The fraction of sp³-hybridized carbons (Fsp3) is 0.212. The maximum atomic E-state index is 14.3. The molecule has 0 bridgehead atoms. The van der Waals surface area contributed by atoms with Gasteiger partial charge in [-0.05, 0) is 72.3 Å². The van der Waals surface area contributed by atoms with Crippen molar-refractivity contribution in [3.63, 3.8) is 0 Å². The molecule has 0 unspecified atom stereocenters. The third-order valence-corrected chi connectivity index (χ3v) is 9.01. The van der Waals surface area contributed by atoms with E-state index in [2.05, 4.69) is 38.5 Å². The van der Waals surface area contributed by atoms with Crippen molar-refractivity contribution in [2.24, 2.45) is 4.99 Å². The number of ether oxygens (including phenoxy) is 4. The minimum atomic E-state index is -0.828. The lowest BCUT2D eigenvalue weighted by molar-refractivity contribution is -0.145. The number of hydrogen-bond acceptors (Lipinski definition) is 9. The molecule has 3 aromatic carbocycles. The summed E-state index contributed by atoms with van der Waals surface area (Å²) in [5, 5.41) is 0. The predicted molar refractivity (Wildman–Crippen MR) is 183 cm³/mol. The van der Waals surface area contributed by atoms with E-state index in [0.29, 0.717) is 43.2 Å². The van der Waals surface area contributed by atoms with Crippen molar-refractivity contribution in [3.8, 4) is 11.5 Å². The molecular formula is C33H28BrIN2O7S. The number of thiazole rings is 1. The standard InChI is InChI=1S/C33H28BrIN2O7S/c1-4-42-26(38)18-44-30-21(15-22(34)17-24(30)35)16-25-31(39)37-29(20-11-13-23(41-3)14-12-20)27(32(40)43-5-2)28(36-33(37)45-25)19-9-7-6-8-10-19/h6-17,29H,4-5,18H2,1-3H3/b25-16-/t29-/m0/s1. The first-order chi connectivity index (χ1) is 21.7. The molecule has 0 aliphatic carbocycles. The SMILES string of the molecule is CCOC(=O)COc1c(I)cc(Br)cc1/C=c1\sc2n(c1=O)[C@@H](c1ccc(OC)cc1)C(C(=O)OCC)=C(c1ccccc1)N=2. The van der Waals surface area contributed by atoms with E-state index in [1.807, 2.05) is 48.5 Å². The van der Waals surface area contributed by atoms with E-state index in [-0.39, 0.29) is 31.0 Å². The Labute approximate surface area is 285 Å². The van der Waals surface area contributed by atoms with E-state index in [4.69, 9.17) is 23.9 Å². The number of methoxy groups -OCH3 is 1. The summed E-state index contributed by atoms with van der Waals surface area (Å²) in [7, 11) is 1.57. The monoisotopic (exact) mass is 802 g/mol. The molecule has 2 heterocycles. The van der Waals surface area contributed by atoms with Crippen LogP contribution in [-0.2, 0) is 19.1 Å². The number of esters is 2. The molecular weight excluding hydrogens is 775 g/mol. The van der Waals surface area contributed by atoms with Crippen LogP contribution in [0.5, 0.6) is 11.5 Å². The average Bonchev–Trinajstić information content (AvgIpc) is 3.34. The average molecular weight is 803 g/mol. The molecule has 0 N–H and O–H groups in total. The topological polar surface area (TPSA) is 105 Å². The lowest BCUT2D eigenvalue weighted by Gasteiger charge is -2.26. The second-order valence-corrected chi connectivity index (χ2v) is 12.7. The summed E-state index contributed by atoms with van der Waals surface area (Å²) >= 11 is 6.84. The molecule has 1 atom stereocenters. The summed E-state index contributed by atoms with van der Waals surface area (Å²) < 4.78 is 25.2. The van der Waals surface area contributed by atoms with E-state index in [0.717, 1.165) is 8.04 Å². The number of carbonyl (C=O) groups is 2. The normalized spacial score (nSPS) is 14.4. The van der Waals surface area contributed by atoms with E-state index >= 15 is 0 Å². The first kappa shape index (κ1) is 32.6. The van der Waals surface area contributed by atoms with Gasteiger partial charge in [-0.3, -0.25) is 9.36 Å². The van der Waals surface area contributed by atoms with Gasteiger partial charge in [-0.2, -0.15) is 0 Å². The minimum absolute atomic E-state index is 0.153. The molecule has 45 heavy (non-hydrogen) atoms. The Balaban J connectivity index is 1.76. The highest BCUT2D eigenvalue weighted by molar-refractivity contribution is 14.1. The zero-order chi connectivity index (χ0) is 32.1. The largest absolute Gasteiger partial charge is 0.497 e. The Morgan fingerprint density at radius 3 is 2.42 bits per heavy atom. The molecule has 5 rings (SSSR count). The van der Waals surface area contributed by atoms with Gasteiger partial charge in [0, 0.05) is 15.6 Å². The van der Waals surface area contributed by atoms with Crippen LogP contribution in [0, 0.1) is 3.57 Å². The second kappa shape index (κ2) is 14.6. The third-order valence-electron chi connectivity index (χ3n) is 6.77. The van der Waals surface area contributed by atoms with Crippen LogP contribution < -0.4 is 24.4 Å². The molecule has 12 heteroatoms. The number of benzene rings is 3. The smallest absolute Gasteiger partial charge is 0.344 e. The van der Waals surface area contributed by atoms with Crippen molar-refractivity contribution >= 4 is 73.6 Å². The zero-order valence-corrected chi connectivity index (χ0v) is 29.1. The molecule has 232 valence electrons. The van der Waals surface area contributed by atoms with Gasteiger partial charge in [0.25, 0.3) is 5.56 Å². The summed E-state index contributed by atoms with van der Waals surface area (Å²) in [5.41, 5.74) is 2.32. The second-order valence-electron chi connectivity index (χ2n) is 9.60. The van der Waals surface area contributed by atoms with Crippen LogP contribution in [0.2, 0.25) is 0 Å². The summed E-state index contributed by atoms with van der Waals surface area (Å²) in [6.45, 7) is 3.57. The van der Waals surface area contributed by atoms with Crippen LogP contribution in [0.3, 0.4) is 0 Å². The number of hydrogen-bond donors (Lipinski definition) is 0. The summed E-state index contributed by atoms with van der Waals surface area (Å²) in [6, 6.07) is 19.4. The van der Waals surface area contributed by atoms with Crippen molar-refractivity contribution < 1.29 is 28.5 Å². The van der Waals surface area contributed by atoms with Crippen molar-refractivity contribution in [3.05, 3.63) is 117 Å². The first-order valence-electron chi connectivity index (χ1n) is 14.0. The van der Waals surface area contributed by atoms with Crippen molar-refractivity contribution in [1.82, 2.24) is 4.57 Å². The molecule has 0 amide bonds. The molecule has 0 spiro atoms. The lowest BCUT2D eigenvalue weighted by atomic mass is 9.93. The van der Waals surface area contributed by atoms with Gasteiger partial charge in [0.15, 0.2) is 11.4 Å². The van der Waals surface area contributed by atoms with Crippen LogP contribution in [0.1, 0.15) is 36.6 Å². The van der Waals surface area contributed by atoms with Crippen LogP contribution in [0.15, 0.2) is 86.6 Å². The van der Waals surface area contributed by atoms with Crippen LogP contribution in [-0.4, -0.2) is 43.4 Å². The van der Waals surface area contributed by atoms with Crippen LogP contribution in [0.4, 0.5) is 0 Å². The molecule has 0 fully saturated rings. The van der Waals surface area contributed by atoms with Crippen molar-refractivity contribution in [2.45, 2.75) is 19.9 Å². The fourth-order valence-corrected chi connectivity index (χ4v) is 7.55. The minimum Gasteiger partial charge on any atom is -0.497 e. The highest BCUT2D eigenvalue weighted by Gasteiger charge is 2.35. The van der Waals surface area contributed by atoms with Gasteiger partial charge >= 0.3 is 11.9 Å². The van der Waals surface area contributed by atoms with Gasteiger partial charge in [-0.1, -0.05) is 69.7 Å². The Kier molecular flexibility index (Phi) is 10.6. The molecule has 4 aromatic rings. The van der Waals surface area contributed by atoms with Crippen molar-refractivity contribution in [1.29, 1.82) is 0 Å². The number of carbonyl (C=O) groups excluding carboxylic acids is 2. The molecule has 0 radical (unpaired) electrons. The van der Waals surface area contributed by atoms with E-state index < -0.39 is 18.0 Å². The molecule has 1 aliphatic rings. The number of nitrogens with zero attached hydrogens (tertiary/aromatic N) is 2. The third kappa shape index (κ3) is 7.07. The summed E-state index contributed by atoms with van der Waals surface area (Å²) in [5.74, 6) is 0.00431. The van der Waals surface area contributed by atoms with Crippen molar-refractivity contribution in [2.75, 3.05) is 26.9 Å². The van der Waals surface area contributed by atoms with Gasteiger partial charge in [0.1, 0.15) is 11.5 Å². The van der Waals surface area contributed by atoms with Gasteiger partial charge in [0.05, 0.1) is 45.7 Å². The van der Waals surface area contributed by atoms with Crippen LogP contribution in [0.25, 0.3) is 11.8 Å². The van der Waals surface area contributed by atoms with E-state index in [9.17, 15) is 14.4 Å². The highest BCUT2D eigenvalue weighted by atomic mass is 127. The van der Waals surface area contributed by atoms with Gasteiger partial charge in [0.2, 0.25) is 0 Å². The van der Waals surface area contributed by atoms with E-state index in [1.165, 1.54) is 15.9 Å². The molecule has 1 aromatic heterocycles. The van der Waals surface area contributed by atoms with Crippen LogP contribution >= 0.6 is 49.9 Å². The van der Waals surface area contributed by atoms with Gasteiger partial charge < -0.3 is 18.9 Å². The Hall–Kier alpha value is -3.75.